The van der Waals surface area contributed by atoms with Gasteiger partial charge < -0.3 is 14.2 Å². The SMILES string of the molecule is CCC(=O)OCc1cc(/C=C/COC(=O)Nc2ccc(CC)cc2COC(=O)CC)ccc1C. The second-order valence-corrected chi connectivity index (χ2v) is 7.69. The van der Waals surface area contributed by atoms with E-state index in [1.165, 1.54) is 0 Å². The molecule has 0 saturated heterocycles. The topological polar surface area (TPSA) is 90.9 Å². The van der Waals surface area contributed by atoms with Gasteiger partial charge in [-0.05, 0) is 53.8 Å². The second kappa shape index (κ2) is 13.8. The Kier molecular flexibility index (Phi) is 10.8. The molecule has 0 aromatic heterocycles. The Bertz CT molecular complexity index is 1030. The van der Waals surface area contributed by atoms with Gasteiger partial charge in [0.25, 0.3) is 0 Å². The minimum atomic E-state index is -0.604. The van der Waals surface area contributed by atoms with E-state index in [1.807, 2.05) is 50.3 Å². The fourth-order valence-electron chi connectivity index (χ4n) is 3.03. The Balaban J connectivity index is 1.93. The Morgan fingerprint density at radius 1 is 0.853 bits per heavy atom. The number of hydrogen-bond donors (Lipinski definition) is 1. The maximum Gasteiger partial charge on any atom is 0.411 e. The van der Waals surface area contributed by atoms with Gasteiger partial charge in [0, 0.05) is 18.4 Å². The number of anilines is 1. The van der Waals surface area contributed by atoms with Crippen LogP contribution in [0, 0.1) is 6.92 Å². The number of hydrogen-bond acceptors (Lipinski definition) is 6. The van der Waals surface area contributed by atoms with Crippen molar-refractivity contribution >= 4 is 29.8 Å². The number of aryl methyl sites for hydroxylation is 2. The van der Waals surface area contributed by atoms with Gasteiger partial charge in [0.1, 0.15) is 19.8 Å². The molecule has 0 unspecified atom stereocenters. The summed E-state index contributed by atoms with van der Waals surface area (Å²) >= 11 is 0. The highest BCUT2D eigenvalue weighted by atomic mass is 16.5. The van der Waals surface area contributed by atoms with Gasteiger partial charge in [-0.2, -0.15) is 0 Å². The summed E-state index contributed by atoms with van der Waals surface area (Å²) in [6.45, 7) is 7.86. The first-order chi connectivity index (χ1) is 16.4. The predicted molar refractivity (Wildman–Crippen MR) is 131 cm³/mol. The molecule has 182 valence electrons. The minimum Gasteiger partial charge on any atom is -0.461 e. The molecule has 1 N–H and O–H groups in total. The zero-order valence-corrected chi connectivity index (χ0v) is 20.3. The molecule has 2 rings (SSSR count). The van der Waals surface area contributed by atoms with E-state index in [4.69, 9.17) is 14.2 Å². The molecule has 0 bridgehead atoms. The summed E-state index contributed by atoms with van der Waals surface area (Å²) in [5, 5.41) is 2.72. The number of amides is 1. The molecule has 0 radical (unpaired) electrons. The van der Waals surface area contributed by atoms with Gasteiger partial charge in [-0.3, -0.25) is 14.9 Å². The highest BCUT2D eigenvalue weighted by Crippen LogP contribution is 2.20. The average molecular weight is 468 g/mol. The van der Waals surface area contributed by atoms with Crippen molar-refractivity contribution in [2.24, 2.45) is 0 Å². The molecular formula is C27H33NO6. The van der Waals surface area contributed by atoms with Crippen LogP contribution in [0.1, 0.15) is 61.4 Å². The summed E-state index contributed by atoms with van der Waals surface area (Å²) in [6.07, 6.45) is 4.42. The van der Waals surface area contributed by atoms with Gasteiger partial charge in [-0.1, -0.05) is 51.1 Å². The molecule has 0 aliphatic heterocycles. The van der Waals surface area contributed by atoms with E-state index in [9.17, 15) is 14.4 Å². The van der Waals surface area contributed by atoms with Gasteiger partial charge in [-0.15, -0.1) is 0 Å². The number of benzene rings is 2. The van der Waals surface area contributed by atoms with Crippen LogP contribution >= 0.6 is 0 Å². The van der Waals surface area contributed by atoms with Crippen molar-refractivity contribution in [2.45, 2.75) is 60.2 Å². The Hall–Kier alpha value is -3.61. The molecule has 0 heterocycles. The van der Waals surface area contributed by atoms with Crippen LogP contribution in [0.2, 0.25) is 0 Å². The summed E-state index contributed by atoms with van der Waals surface area (Å²) < 4.78 is 15.7. The lowest BCUT2D eigenvalue weighted by molar-refractivity contribution is -0.145. The normalized spacial score (nSPS) is 10.7. The monoisotopic (exact) mass is 467 g/mol. The van der Waals surface area contributed by atoms with Crippen molar-refractivity contribution in [3.63, 3.8) is 0 Å². The number of rotatable bonds is 11. The molecule has 34 heavy (non-hydrogen) atoms. The maximum absolute atomic E-state index is 12.3. The number of nitrogens with one attached hydrogen (secondary N) is 1. The van der Waals surface area contributed by atoms with Crippen LogP contribution in [-0.2, 0) is 43.4 Å². The third-order valence-corrected chi connectivity index (χ3v) is 5.16. The molecule has 0 aliphatic carbocycles. The molecule has 2 aromatic rings. The molecule has 0 atom stereocenters. The average Bonchev–Trinajstić information content (AvgIpc) is 2.85. The fraction of sp³-hybridized carbons (Fsp3) is 0.370. The first kappa shape index (κ1) is 26.6. The van der Waals surface area contributed by atoms with Crippen molar-refractivity contribution in [1.29, 1.82) is 0 Å². The fourth-order valence-corrected chi connectivity index (χ4v) is 3.03. The Labute approximate surface area is 201 Å². The van der Waals surface area contributed by atoms with Crippen LogP contribution in [-0.4, -0.2) is 24.6 Å². The van der Waals surface area contributed by atoms with Crippen LogP contribution in [0.15, 0.2) is 42.5 Å². The van der Waals surface area contributed by atoms with Crippen molar-refractivity contribution in [2.75, 3.05) is 11.9 Å². The van der Waals surface area contributed by atoms with Gasteiger partial charge in [-0.25, -0.2) is 4.79 Å². The molecule has 7 nitrogen and oxygen atoms in total. The van der Waals surface area contributed by atoms with Crippen LogP contribution in [0.3, 0.4) is 0 Å². The first-order valence-electron chi connectivity index (χ1n) is 11.5. The van der Waals surface area contributed by atoms with Crippen LogP contribution in [0.4, 0.5) is 10.5 Å². The Morgan fingerprint density at radius 2 is 1.53 bits per heavy atom. The molecule has 2 aromatic carbocycles. The number of carbonyl (C=O) groups is 3. The maximum atomic E-state index is 12.3. The van der Waals surface area contributed by atoms with E-state index < -0.39 is 6.09 Å². The second-order valence-electron chi connectivity index (χ2n) is 7.69. The lowest BCUT2D eigenvalue weighted by atomic mass is 10.1. The van der Waals surface area contributed by atoms with Crippen molar-refractivity contribution in [3.05, 3.63) is 70.3 Å². The lowest BCUT2D eigenvalue weighted by Crippen LogP contribution is -2.15. The van der Waals surface area contributed by atoms with Crippen LogP contribution in [0.5, 0.6) is 0 Å². The van der Waals surface area contributed by atoms with E-state index in [0.29, 0.717) is 17.7 Å². The summed E-state index contributed by atoms with van der Waals surface area (Å²) in [5.41, 5.74) is 5.20. The van der Waals surface area contributed by atoms with E-state index in [1.54, 1.807) is 26.0 Å². The van der Waals surface area contributed by atoms with Gasteiger partial charge >= 0.3 is 18.0 Å². The third kappa shape index (κ3) is 8.73. The predicted octanol–water partition coefficient (Wildman–Crippen LogP) is 5.73. The van der Waals surface area contributed by atoms with Gasteiger partial charge in [0.15, 0.2) is 0 Å². The van der Waals surface area contributed by atoms with E-state index in [0.717, 1.165) is 28.7 Å². The van der Waals surface area contributed by atoms with Crippen LogP contribution in [0.25, 0.3) is 6.08 Å². The largest absolute Gasteiger partial charge is 0.461 e. The molecule has 0 spiro atoms. The summed E-state index contributed by atoms with van der Waals surface area (Å²) in [6, 6.07) is 11.4. The molecule has 0 saturated carbocycles. The molecular weight excluding hydrogens is 434 g/mol. The number of esters is 2. The Morgan fingerprint density at radius 3 is 2.18 bits per heavy atom. The van der Waals surface area contributed by atoms with Gasteiger partial charge in [0.2, 0.25) is 0 Å². The quantitative estimate of drug-likeness (QED) is 0.335. The first-order valence-corrected chi connectivity index (χ1v) is 11.5. The van der Waals surface area contributed by atoms with E-state index in [-0.39, 0.29) is 38.2 Å². The lowest BCUT2D eigenvalue weighted by Gasteiger charge is -2.13. The molecule has 7 heteroatoms. The highest BCUT2D eigenvalue weighted by Gasteiger charge is 2.10. The summed E-state index contributed by atoms with van der Waals surface area (Å²) in [5.74, 6) is -0.542. The molecule has 0 aliphatic rings. The standard InChI is InChI=1S/C27H33NO6/c1-5-20-12-13-24(23(15-20)18-34-26(30)7-3)28-27(31)32-14-8-9-21-11-10-19(4)22(16-21)17-33-25(29)6-2/h8-13,15-16H,5-7,14,17-18H2,1-4H3,(H,28,31)/b9-8+. The summed E-state index contributed by atoms with van der Waals surface area (Å²) in [4.78, 5) is 35.2. The highest BCUT2D eigenvalue weighted by molar-refractivity contribution is 5.86. The van der Waals surface area contributed by atoms with E-state index >= 15 is 0 Å². The third-order valence-electron chi connectivity index (χ3n) is 5.16. The van der Waals surface area contributed by atoms with Crippen molar-refractivity contribution in [3.8, 4) is 0 Å². The number of carbonyl (C=O) groups excluding carboxylic acids is 3. The smallest absolute Gasteiger partial charge is 0.411 e. The van der Waals surface area contributed by atoms with Crippen LogP contribution < -0.4 is 5.32 Å². The van der Waals surface area contributed by atoms with Gasteiger partial charge in [0.05, 0.1) is 5.69 Å². The van der Waals surface area contributed by atoms with Crippen molar-refractivity contribution < 1.29 is 28.6 Å². The summed E-state index contributed by atoms with van der Waals surface area (Å²) in [7, 11) is 0. The molecule has 0 fully saturated rings. The zero-order chi connectivity index (χ0) is 24.9. The number of ether oxygens (including phenoxy) is 3. The van der Waals surface area contributed by atoms with Crippen molar-refractivity contribution in [1.82, 2.24) is 0 Å². The zero-order valence-electron chi connectivity index (χ0n) is 20.3. The minimum absolute atomic E-state index is 0.0764. The molecule has 1 amide bonds. The van der Waals surface area contributed by atoms with E-state index in [2.05, 4.69) is 5.32 Å².